The third-order valence-corrected chi connectivity index (χ3v) is 4.13. The number of halogens is 1. The Morgan fingerprint density at radius 3 is 2.71 bits per heavy atom. The number of nitriles is 1. The minimum absolute atomic E-state index is 0.184. The molecule has 0 unspecified atom stereocenters. The molecule has 0 spiro atoms. The van der Waals surface area contributed by atoms with Gasteiger partial charge in [-0.15, -0.1) is 11.8 Å². The maximum Gasteiger partial charge on any atom is 0.223 e. The second-order valence-corrected chi connectivity index (χ2v) is 5.57. The fraction of sp³-hybridized carbons (Fsp3) is 0.0625. The van der Waals surface area contributed by atoms with Gasteiger partial charge in [-0.1, -0.05) is 18.2 Å². The summed E-state index contributed by atoms with van der Waals surface area (Å²) in [6.45, 7) is 0. The Kier molecular flexibility index (Phi) is 3.78. The molecule has 0 saturated carbocycles. The van der Waals surface area contributed by atoms with E-state index in [1.807, 2.05) is 36.6 Å². The highest BCUT2D eigenvalue weighted by Gasteiger charge is 2.12. The maximum atomic E-state index is 9.01. The summed E-state index contributed by atoms with van der Waals surface area (Å²) in [4.78, 5) is 9.74. The van der Waals surface area contributed by atoms with Crippen molar-refractivity contribution < 1.29 is 0 Å². The van der Waals surface area contributed by atoms with Crippen LogP contribution < -0.4 is 0 Å². The van der Waals surface area contributed by atoms with Crippen molar-refractivity contribution in [2.45, 2.75) is 4.90 Å². The first-order valence-electron chi connectivity index (χ1n) is 6.23. The van der Waals surface area contributed by atoms with Gasteiger partial charge in [0.1, 0.15) is 0 Å². The van der Waals surface area contributed by atoms with Crippen molar-refractivity contribution in [2.75, 3.05) is 6.26 Å². The van der Waals surface area contributed by atoms with Gasteiger partial charge in [0.2, 0.25) is 5.28 Å². The summed E-state index contributed by atoms with van der Waals surface area (Å²) in [7, 11) is 0. The number of thioether (sulfide) groups is 1. The molecule has 3 rings (SSSR count). The SMILES string of the molecule is CSc1ccccc1-c1nc(Cl)nc2cc(C#N)ccc12. The Hall–Kier alpha value is -2.09. The van der Waals surface area contributed by atoms with E-state index in [4.69, 9.17) is 16.9 Å². The van der Waals surface area contributed by atoms with Crippen molar-refractivity contribution in [1.29, 1.82) is 5.26 Å². The molecule has 102 valence electrons. The van der Waals surface area contributed by atoms with E-state index in [1.165, 1.54) is 0 Å². The average Bonchev–Trinajstić information content (AvgIpc) is 2.53. The normalized spacial score (nSPS) is 10.5. The molecule has 5 heteroatoms. The molecule has 2 aromatic carbocycles. The molecule has 0 aliphatic carbocycles. The zero-order valence-corrected chi connectivity index (χ0v) is 12.7. The van der Waals surface area contributed by atoms with Crippen LogP contribution in [0.3, 0.4) is 0 Å². The predicted octanol–water partition coefficient (Wildman–Crippen LogP) is 4.54. The minimum Gasteiger partial charge on any atom is -0.218 e. The van der Waals surface area contributed by atoms with E-state index in [0.717, 1.165) is 21.5 Å². The van der Waals surface area contributed by atoms with Gasteiger partial charge in [-0.05, 0) is 42.1 Å². The van der Waals surface area contributed by atoms with Crippen LogP contribution >= 0.6 is 23.4 Å². The largest absolute Gasteiger partial charge is 0.223 e. The Bertz CT molecular complexity index is 871. The first kappa shape index (κ1) is 13.9. The van der Waals surface area contributed by atoms with Gasteiger partial charge < -0.3 is 0 Å². The summed E-state index contributed by atoms with van der Waals surface area (Å²) in [5.74, 6) is 0. The van der Waals surface area contributed by atoms with Crippen molar-refractivity contribution in [1.82, 2.24) is 9.97 Å². The number of aromatic nitrogens is 2. The van der Waals surface area contributed by atoms with Crippen molar-refractivity contribution in [3.8, 4) is 17.3 Å². The van der Waals surface area contributed by atoms with Gasteiger partial charge in [-0.3, -0.25) is 0 Å². The topological polar surface area (TPSA) is 49.6 Å². The van der Waals surface area contributed by atoms with Gasteiger partial charge in [0, 0.05) is 15.8 Å². The molecule has 0 N–H and O–H groups in total. The van der Waals surface area contributed by atoms with E-state index in [-0.39, 0.29) is 5.28 Å². The van der Waals surface area contributed by atoms with Crippen LogP contribution in [0.5, 0.6) is 0 Å². The lowest BCUT2D eigenvalue weighted by molar-refractivity contribution is 1.21. The summed E-state index contributed by atoms with van der Waals surface area (Å²) >= 11 is 7.71. The summed E-state index contributed by atoms with van der Waals surface area (Å²) in [5, 5.41) is 10.1. The van der Waals surface area contributed by atoms with Gasteiger partial charge in [-0.25, -0.2) is 9.97 Å². The van der Waals surface area contributed by atoms with E-state index in [2.05, 4.69) is 16.0 Å². The van der Waals surface area contributed by atoms with Crippen LogP contribution in [0.1, 0.15) is 5.56 Å². The number of fused-ring (bicyclic) bond motifs is 1. The summed E-state index contributed by atoms with van der Waals surface area (Å²) in [6, 6.07) is 15.5. The second kappa shape index (κ2) is 5.72. The van der Waals surface area contributed by atoms with Gasteiger partial charge in [0.25, 0.3) is 0 Å². The van der Waals surface area contributed by atoms with Crippen molar-refractivity contribution in [2.24, 2.45) is 0 Å². The maximum absolute atomic E-state index is 9.01. The van der Waals surface area contributed by atoms with Crippen molar-refractivity contribution in [3.05, 3.63) is 53.3 Å². The van der Waals surface area contributed by atoms with Crippen molar-refractivity contribution in [3.63, 3.8) is 0 Å². The number of nitrogens with zero attached hydrogens (tertiary/aromatic N) is 3. The first-order valence-corrected chi connectivity index (χ1v) is 7.84. The third kappa shape index (κ3) is 2.58. The van der Waals surface area contributed by atoms with Crippen LogP contribution in [0.25, 0.3) is 22.2 Å². The lowest BCUT2D eigenvalue weighted by Crippen LogP contribution is -1.93. The third-order valence-electron chi connectivity index (χ3n) is 3.16. The molecule has 3 nitrogen and oxygen atoms in total. The molecule has 21 heavy (non-hydrogen) atoms. The molecular weight excluding hydrogens is 302 g/mol. The summed E-state index contributed by atoms with van der Waals surface area (Å²) in [6.07, 6.45) is 2.03. The number of hydrogen-bond acceptors (Lipinski definition) is 4. The van der Waals surface area contributed by atoms with Gasteiger partial charge in [-0.2, -0.15) is 5.26 Å². The molecule has 0 bridgehead atoms. The summed E-state index contributed by atoms with van der Waals surface area (Å²) < 4.78 is 0. The van der Waals surface area contributed by atoms with Crippen LogP contribution in [0.15, 0.2) is 47.4 Å². The Labute approximate surface area is 131 Å². The highest BCUT2D eigenvalue weighted by molar-refractivity contribution is 7.98. The quantitative estimate of drug-likeness (QED) is 0.515. The highest BCUT2D eigenvalue weighted by Crippen LogP contribution is 2.33. The van der Waals surface area contributed by atoms with Gasteiger partial charge >= 0.3 is 0 Å². The predicted molar refractivity (Wildman–Crippen MR) is 86.5 cm³/mol. The Morgan fingerprint density at radius 2 is 1.95 bits per heavy atom. The number of benzene rings is 2. The van der Waals surface area contributed by atoms with E-state index >= 15 is 0 Å². The summed E-state index contributed by atoms with van der Waals surface area (Å²) in [5.41, 5.74) is 3.05. The lowest BCUT2D eigenvalue weighted by Gasteiger charge is -2.10. The molecule has 0 amide bonds. The van der Waals surface area contributed by atoms with Crippen LogP contribution in [-0.2, 0) is 0 Å². The van der Waals surface area contributed by atoms with E-state index < -0.39 is 0 Å². The van der Waals surface area contributed by atoms with Crippen LogP contribution in [0, 0.1) is 11.3 Å². The lowest BCUT2D eigenvalue weighted by atomic mass is 10.1. The molecule has 0 aliphatic rings. The zero-order valence-electron chi connectivity index (χ0n) is 11.2. The van der Waals surface area contributed by atoms with Crippen LogP contribution in [0.2, 0.25) is 5.28 Å². The minimum atomic E-state index is 0.184. The van der Waals surface area contributed by atoms with Crippen LogP contribution in [-0.4, -0.2) is 16.2 Å². The van der Waals surface area contributed by atoms with E-state index in [9.17, 15) is 0 Å². The molecule has 0 fully saturated rings. The average molecular weight is 312 g/mol. The number of rotatable bonds is 2. The highest BCUT2D eigenvalue weighted by atomic mass is 35.5. The molecule has 0 atom stereocenters. The molecule has 3 aromatic rings. The smallest absolute Gasteiger partial charge is 0.218 e. The molecule has 1 aromatic heterocycles. The number of hydrogen-bond donors (Lipinski definition) is 0. The Morgan fingerprint density at radius 1 is 1.14 bits per heavy atom. The van der Waals surface area contributed by atoms with Crippen LogP contribution in [0.4, 0.5) is 0 Å². The molecule has 0 aliphatic heterocycles. The van der Waals surface area contributed by atoms with Gasteiger partial charge in [0.15, 0.2) is 0 Å². The van der Waals surface area contributed by atoms with E-state index in [1.54, 1.807) is 23.9 Å². The fourth-order valence-electron chi connectivity index (χ4n) is 2.22. The first-order chi connectivity index (χ1) is 10.2. The zero-order chi connectivity index (χ0) is 14.8. The monoisotopic (exact) mass is 311 g/mol. The standard InChI is InChI=1S/C16H10ClN3S/c1-21-14-5-3-2-4-12(14)15-11-7-6-10(9-18)8-13(11)19-16(17)20-15/h2-8H,1H3. The Balaban J connectivity index is 2.35. The second-order valence-electron chi connectivity index (χ2n) is 4.39. The molecule has 0 saturated heterocycles. The molecule has 1 heterocycles. The fourth-order valence-corrected chi connectivity index (χ4v) is 2.99. The van der Waals surface area contributed by atoms with E-state index in [0.29, 0.717) is 11.1 Å². The molecular formula is C16H10ClN3S. The van der Waals surface area contributed by atoms with Gasteiger partial charge in [0.05, 0.1) is 22.8 Å². The molecule has 0 radical (unpaired) electrons. The van der Waals surface area contributed by atoms with Crippen molar-refractivity contribution >= 4 is 34.3 Å².